The van der Waals surface area contributed by atoms with Crippen molar-refractivity contribution in [3.8, 4) is 0 Å². The zero-order chi connectivity index (χ0) is 21.7. The van der Waals surface area contributed by atoms with E-state index in [-0.39, 0.29) is 5.54 Å². The highest BCUT2D eigenvalue weighted by atomic mass is 32.2. The second kappa shape index (κ2) is 10.3. The van der Waals surface area contributed by atoms with E-state index in [2.05, 4.69) is 42.2 Å². The largest absolute Gasteiger partial charge is 0.299 e. The quantitative estimate of drug-likeness (QED) is 0.611. The average Bonchev–Trinajstić information content (AvgIpc) is 2.79. The van der Waals surface area contributed by atoms with E-state index in [4.69, 9.17) is 0 Å². The molecule has 1 aliphatic carbocycles. The molecule has 1 spiro atoms. The summed E-state index contributed by atoms with van der Waals surface area (Å²) in [5.41, 5.74) is 1.17. The number of rotatable bonds is 7. The summed E-state index contributed by atoms with van der Waals surface area (Å²) in [6.07, 6.45) is 11.1. The molecule has 5 nitrogen and oxygen atoms in total. The van der Waals surface area contributed by atoms with Crippen LogP contribution in [0.2, 0.25) is 0 Å². The summed E-state index contributed by atoms with van der Waals surface area (Å²) < 4.78 is 31.4. The van der Waals surface area contributed by atoms with Gasteiger partial charge in [0.05, 0.1) is 0 Å². The fraction of sp³-hybridized carbons (Fsp3) is 0.760. The van der Waals surface area contributed by atoms with Crippen molar-refractivity contribution in [1.82, 2.24) is 13.5 Å². The summed E-state index contributed by atoms with van der Waals surface area (Å²) in [6, 6.07) is 10.6. The number of piperidine rings is 1. The lowest BCUT2D eigenvalue weighted by molar-refractivity contribution is 0.0392. The Morgan fingerprint density at radius 3 is 2.32 bits per heavy atom. The van der Waals surface area contributed by atoms with E-state index >= 15 is 0 Å². The van der Waals surface area contributed by atoms with Gasteiger partial charge in [-0.2, -0.15) is 17.0 Å². The summed E-state index contributed by atoms with van der Waals surface area (Å²) in [5.74, 6) is 0.554. The minimum Gasteiger partial charge on any atom is -0.299 e. The Hall–Kier alpha value is -0.950. The molecule has 0 bridgehead atoms. The smallest absolute Gasteiger partial charge is 0.282 e. The topological polar surface area (TPSA) is 43.9 Å². The number of unbranched alkanes of at least 4 members (excludes halogenated alkanes) is 1. The van der Waals surface area contributed by atoms with Gasteiger partial charge in [0.25, 0.3) is 10.2 Å². The van der Waals surface area contributed by atoms with Crippen molar-refractivity contribution in [3.05, 3.63) is 35.9 Å². The maximum absolute atomic E-state index is 13.8. The first-order valence-corrected chi connectivity index (χ1v) is 14.0. The highest BCUT2D eigenvalue weighted by Crippen LogP contribution is 2.40. The first-order chi connectivity index (χ1) is 15.0. The zero-order valence-electron chi connectivity index (χ0n) is 19.3. The number of hydrogen-bond donors (Lipinski definition) is 0. The SMILES string of the molecule is CCCCN1C2(CCN(Cc3ccccc3)CC2)CCN(CC2CCCCC2)S1(=O)=O. The third kappa shape index (κ3) is 5.35. The van der Waals surface area contributed by atoms with Crippen LogP contribution in [0.15, 0.2) is 30.3 Å². The van der Waals surface area contributed by atoms with Gasteiger partial charge in [-0.15, -0.1) is 0 Å². The van der Waals surface area contributed by atoms with Crippen molar-refractivity contribution < 1.29 is 8.42 Å². The first-order valence-electron chi connectivity index (χ1n) is 12.6. The Morgan fingerprint density at radius 1 is 0.968 bits per heavy atom. The molecular formula is C25H41N3O2S. The van der Waals surface area contributed by atoms with E-state index in [0.29, 0.717) is 19.0 Å². The molecule has 1 saturated carbocycles. The predicted octanol–water partition coefficient (Wildman–Crippen LogP) is 4.65. The van der Waals surface area contributed by atoms with Crippen LogP contribution in [0.1, 0.15) is 76.7 Å². The van der Waals surface area contributed by atoms with Crippen molar-refractivity contribution in [1.29, 1.82) is 0 Å². The van der Waals surface area contributed by atoms with Gasteiger partial charge in [0.2, 0.25) is 0 Å². The lowest BCUT2D eigenvalue weighted by Gasteiger charge is -2.53. The number of likely N-dealkylation sites (tertiary alicyclic amines) is 1. The minimum atomic E-state index is -3.37. The van der Waals surface area contributed by atoms with Gasteiger partial charge in [0.15, 0.2) is 0 Å². The van der Waals surface area contributed by atoms with Crippen LogP contribution >= 0.6 is 0 Å². The van der Waals surface area contributed by atoms with E-state index in [1.54, 1.807) is 0 Å². The van der Waals surface area contributed by atoms with Gasteiger partial charge in [-0.1, -0.05) is 62.9 Å². The normalized spacial score (nSPS) is 25.7. The Bertz CT molecular complexity index is 784. The van der Waals surface area contributed by atoms with Gasteiger partial charge < -0.3 is 0 Å². The van der Waals surface area contributed by atoms with Crippen LogP contribution in [0.3, 0.4) is 0 Å². The molecule has 0 radical (unpaired) electrons. The van der Waals surface area contributed by atoms with Crippen LogP contribution < -0.4 is 0 Å². The summed E-state index contributed by atoms with van der Waals surface area (Å²) in [4.78, 5) is 2.50. The Labute approximate surface area is 190 Å². The zero-order valence-corrected chi connectivity index (χ0v) is 20.2. The molecular weight excluding hydrogens is 406 g/mol. The van der Waals surface area contributed by atoms with E-state index in [1.807, 2.05) is 8.61 Å². The van der Waals surface area contributed by atoms with Crippen LogP contribution in [-0.2, 0) is 16.8 Å². The summed E-state index contributed by atoms with van der Waals surface area (Å²) in [6.45, 7) is 7.21. The van der Waals surface area contributed by atoms with E-state index in [0.717, 1.165) is 58.3 Å². The van der Waals surface area contributed by atoms with Gasteiger partial charge >= 0.3 is 0 Å². The molecule has 2 heterocycles. The molecule has 0 atom stereocenters. The van der Waals surface area contributed by atoms with Crippen LogP contribution in [0.5, 0.6) is 0 Å². The van der Waals surface area contributed by atoms with Gasteiger partial charge in [-0.25, -0.2) is 0 Å². The average molecular weight is 448 g/mol. The molecule has 0 unspecified atom stereocenters. The maximum Gasteiger partial charge on any atom is 0.282 e. The lowest BCUT2D eigenvalue weighted by atomic mass is 9.83. The Balaban J connectivity index is 1.44. The highest BCUT2D eigenvalue weighted by molar-refractivity contribution is 7.86. The first kappa shape index (κ1) is 23.2. The molecule has 6 heteroatoms. The van der Waals surface area contributed by atoms with E-state index in [9.17, 15) is 8.42 Å². The molecule has 0 N–H and O–H groups in total. The Kier molecular flexibility index (Phi) is 7.73. The van der Waals surface area contributed by atoms with Gasteiger partial charge in [-0.05, 0) is 50.0 Å². The number of nitrogens with zero attached hydrogens (tertiary/aromatic N) is 3. The fourth-order valence-electron chi connectivity index (χ4n) is 5.92. The fourth-order valence-corrected chi connectivity index (χ4v) is 8.05. The molecule has 1 aromatic rings. The van der Waals surface area contributed by atoms with Crippen molar-refractivity contribution in [2.75, 3.05) is 32.7 Å². The number of hydrogen-bond acceptors (Lipinski definition) is 3. The Morgan fingerprint density at radius 2 is 1.65 bits per heavy atom. The standard InChI is InChI=1S/C25H41N3O2S/c1-2-3-17-28-25(14-18-26(19-15-25)21-23-10-6-4-7-11-23)16-20-27(31(28,29)30)22-24-12-8-5-9-13-24/h4,6-7,10-11,24H,2-3,5,8-9,12-22H2,1H3. The summed E-state index contributed by atoms with van der Waals surface area (Å²) in [7, 11) is -3.37. The lowest BCUT2D eigenvalue weighted by Crippen LogP contribution is -2.65. The molecule has 2 saturated heterocycles. The molecule has 1 aromatic carbocycles. The molecule has 31 heavy (non-hydrogen) atoms. The van der Waals surface area contributed by atoms with Crippen LogP contribution in [-0.4, -0.2) is 60.2 Å². The molecule has 2 aliphatic heterocycles. The van der Waals surface area contributed by atoms with Crippen molar-refractivity contribution in [3.63, 3.8) is 0 Å². The van der Waals surface area contributed by atoms with Gasteiger partial charge in [0.1, 0.15) is 0 Å². The molecule has 3 aliphatic rings. The molecule has 0 aromatic heterocycles. The van der Waals surface area contributed by atoms with Gasteiger partial charge in [0, 0.05) is 44.8 Å². The van der Waals surface area contributed by atoms with E-state index < -0.39 is 10.2 Å². The van der Waals surface area contributed by atoms with E-state index in [1.165, 1.54) is 37.7 Å². The third-order valence-corrected chi connectivity index (χ3v) is 10.0. The molecule has 0 amide bonds. The highest BCUT2D eigenvalue weighted by Gasteiger charge is 2.50. The summed E-state index contributed by atoms with van der Waals surface area (Å²) >= 11 is 0. The van der Waals surface area contributed by atoms with Crippen LogP contribution in [0.4, 0.5) is 0 Å². The van der Waals surface area contributed by atoms with Crippen molar-refractivity contribution in [2.45, 2.75) is 83.2 Å². The number of benzene rings is 1. The third-order valence-electron chi connectivity index (χ3n) is 7.90. The molecule has 3 fully saturated rings. The second-order valence-corrected chi connectivity index (χ2v) is 11.9. The second-order valence-electron chi connectivity index (χ2n) is 10.0. The van der Waals surface area contributed by atoms with Crippen molar-refractivity contribution in [2.24, 2.45) is 5.92 Å². The van der Waals surface area contributed by atoms with Crippen LogP contribution in [0, 0.1) is 5.92 Å². The summed E-state index contributed by atoms with van der Waals surface area (Å²) in [5, 5.41) is 0. The monoisotopic (exact) mass is 447 g/mol. The van der Waals surface area contributed by atoms with Gasteiger partial charge in [-0.3, -0.25) is 4.90 Å². The maximum atomic E-state index is 13.8. The molecule has 4 rings (SSSR count). The molecule has 174 valence electrons. The van der Waals surface area contributed by atoms with Crippen LogP contribution in [0.25, 0.3) is 0 Å². The minimum absolute atomic E-state index is 0.176. The predicted molar refractivity (Wildman–Crippen MR) is 127 cm³/mol. The van der Waals surface area contributed by atoms with Crippen molar-refractivity contribution >= 4 is 10.2 Å².